The third-order valence-corrected chi connectivity index (χ3v) is 5.24. The second kappa shape index (κ2) is 5.49. The number of carbonyl (C=O) groups is 1. The first-order chi connectivity index (χ1) is 8.45. The van der Waals surface area contributed by atoms with Gasteiger partial charge in [-0.05, 0) is 25.2 Å². The molecule has 1 saturated heterocycles. The Labute approximate surface area is 118 Å². The van der Waals surface area contributed by atoms with E-state index >= 15 is 0 Å². The lowest BCUT2D eigenvalue weighted by molar-refractivity contribution is -0.150. The molecule has 1 amide bonds. The number of morpholine rings is 1. The van der Waals surface area contributed by atoms with Gasteiger partial charge in [0, 0.05) is 17.8 Å². The van der Waals surface area contributed by atoms with E-state index in [-0.39, 0.29) is 23.5 Å². The number of hydrogen-bond donors (Lipinski definition) is 0. The second-order valence-electron chi connectivity index (χ2n) is 6.38. The number of amides is 1. The van der Waals surface area contributed by atoms with Crippen molar-refractivity contribution in [1.29, 1.82) is 0 Å². The molecule has 3 unspecified atom stereocenters. The van der Waals surface area contributed by atoms with Crippen molar-refractivity contribution >= 4 is 21.8 Å². The van der Waals surface area contributed by atoms with Gasteiger partial charge in [-0.1, -0.05) is 36.2 Å². The summed E-state index contributed by atoms with van der Waals surface area (Å²) in [5, 5.41) is 0.803. The van der Waals surface area contributed by atoms with Gasteiger partial charge in [-0.2, -0.15) is 0 Å². The van der Waals surface area contributed by atoms with Crippen LogP contribution in [0.25, 0.3) is 0 Å². The third kappa shape index (κ3) is 2.74. The van der Waals surface area contributed by atoms with E-state index in [4.69, 9.17) is 4.74 Å². The van der Waals surface area contributed by atoms with Gasteiger partial charge in [-0.25, -0.2) is 0 Å². The predicted molar refractivity (Wildman–Crippen MR) is 75.8 cm³/mol. The molecule has 1 aliphatic heterocycles. The summed E-state index contributed by atoms with van der Waals surface area (Å²) in [6.07, 6.45) is 3.55. The molecule has 0 aromatic heterocycles. The van der Waals surface area contributed by atoms with E-state index in [0.717, 1.165) is 18.3 Å². The van der Waals surface area contributed by atoms with Gasteiger partial charge in [0.05, 0.1) is 18.8 Å². The van der Waals surface area contributed by atoms with Crippen LogP contribution in [0, 0.1) is 11.3 Å². The van der Waals surface area contributed by atoms with Gasteiger partial charge in [-0.3, -0.25) is 4.79 Å². The number of carbonyl (C=O) groups excluding carboxylic acids is 1. The lowest BCUT2D eigenvalue weighted by Crippen LogP contribution is -2.54. The minimum atomic E-state index is 0.148. The van der Waals surface area contributed by atoms with E-state index in [0.29, 0.717) is 12.5 Å². The Morgan fingerprint density at radius 1 is 1.50 bits per heavy atom. The van der Waals surface area contributed by atoms with Gasteiger partial charge in [0.2, 0.25) is 5.91 Å². The molecule has 3 atom stereocenters. The van der Waals surface area contributed by atoms with Crippen LogP contribution in [0.1, 0.15) is 40.0 Å². The molecule has 0 spiro atoms. The highest BCUT2D eigenvalue weighted by Gasteiger charge is 2.43. The summed E-state index contributed by atoms with van der Waals surface area (Å²) in [7, 11) is 0. The fourth-order valence-corrected chi connectivity index (χ4v) is 3.59. The zero-order chi connectivity index (χ0) is 13.3. The SMILES string of the molecule is CC1COC(CBr)CN1C(=O)C1CCCC1(C)C. The average Bonchev–Trinajstić information content (AvgIpc) is 2.69. The van der Waals surface area contributed by atoms with E-state index in [2.05, 4.69) is 36.7 Å². The van der Waals surface area contributed by atoms with Crippen LogP contribution in [-0.2, 0) is 9.53 Å². The molecule has 4 heteroatoms. The number of rotatable bonds is 2. The minimum Gasteiger partial charge on any atom is -0.373 e. The molecule has 1 aliphatic carbocycles. The summed E-state index contributed by atoms with van der Waals surface area (Å²) in [4.78, 5) is 14.8. The fourth-order valence-electron chi connectivity index (χ4n) is 3.20. The van der Waals surface area contributed by atoms with Crippen molar-refractivity contribution in [3.05, 3.63) is 0 Å². The summed E-state index contributed by atoms with van der Waals surface area (Å²) in [5.41, 5.74) is 0.166. The molecular weight excluding hydrogens is 294 g/mol. The summed E-state index contributed by atoms with van der Waals surface area (Å²) in [6, 6.07) is 0.212. The van der Waals surface area contributed by atoms with Gasteiger partial charge in [-0.15, -0.1) is 0 Å². The van der Waals surface area contributed by atoms with E-state index in [1.165, 1.54) is 12.8 Å². The van der Waals surface area contributed by atoms with Crippen LogP contribution in [-0.4, -0.2) is 41.4 Å². The molecule has 0 aromatic rings. The lowest BCUT2D eigenvalue weighted by atomic mass is 9.81. The van der Waals surface area contributed by atoms with E-state index in [9.17, 15) is 4.79 Å². The Morgan fingerprint density at radius 2 is 2.22 bits per heavy atom. The molecule has 2 rings (SSSR count). The Balaban J connectivity index is 2.07. The van der Waals surface area contributed by atoms with Crippen LogP contribution in [0.4, 0.5) is 0 Å². The van der Waals surface area contributed by atoms with Crippen molar-refractivity contribution in [3.63, 3.8) is 0 Å². The summed E-state index contributed by atoms with van der Waals surface area (Å²) < 4.78 is 5.69. The smallest absolute Gasteiger partial charge is 0.226 e. The maximum atomic E-state index is 12.7. The van der Waals surface area contributed by atoms with Crippen molar-refractivity contribution in [2.45, 2.75) is 52.2 Å². The molecular formula is C14H24BrNO2. The van der Waals surface area contributed by atoms with Crippen LogP contribution in [0.15, 0.2) is 0 Å². The van der Waals surface area contributed by atoms with Gasteiger partial charge in [0.15, 0.2) is 0 Å². The van der Waals surface area contributed by atoms with Crippen LogP contribution >= 0.6 is 15.9 Å². The van der Waals surface area contributed by atoms with Crippen LogP contribution in [0.5, 0.6) is 0 Å². The molecule has 104 valence electrons. The largest absolute Gasteiger partial charge is 0.373 e. The van der Waals surface area contributed by atoms with Crippen LogP contribution in [0.2, 0.25) is 0 Å². The van der Waals surface area contributed by atoms with E-state index in [1.807, 2.05) is 4.90 Å². The monoisotopic (exact) mass is 317 g/mol. The Bertz CT molecular complexity index is 319. The molecule has 1 saturated carbocycles. The number of nitrogens with zero attached hydrogens (tertiary/aromatic N) is 1. The zero-order valence-corrected chi connectivity index (χ0v) is 13.2. The predicted octanol–water partition coefficient (Wildman–Crippen LogP) is 2.82. The highest BCUT2D eigenvalue weighted by Crippen LogP contribution is 2.43. The second-order valence-corrected chi connectivity index (χ2v) is 7.03. The Kier molecular flexibility index (Phi) is 4.37. The van der Waals surface area contributed by atoms with Crippen molar-refractivity contribution in [1.82, 2.24) is 4.90 Å². The lowest BCUT2D eigenvalue weighted by Gasteiger charge is -2.41. The molecule has 0 N–H and O–H groups in total. The summed E-state index contributed by atoms with van der Waals surface area (Å²) >= 11 is 3.45. The number of hydrogen-bond acceptors (Lipinski definition) is 2. The Morgan fingerprint density at radius 3 is 2.78 bits per heavy atom. The number of halogens is 1. The maximum absolute atomic E-state index is 12.7. The van der Waals surface area contributed by atoms with Crippen molar-refractivity contribution in [2.75, 3.05) is 18.5 Å². The first kappa shape index (κ1) is 14.3. The van der Waals surface area contributed by atoms with Gasteiger partial charge < -0.3 is 9.64 Å². The first-order valence-electron chi connectivity index (χ1n) is 6.94. The molecule has 3 nitrogen and oxygen atoms in total. The van der Waals surface area contributed by atoms with Gasteiger partial charge in [0.1, 0.15) is 0 Å². The molecule has 0 bridgehead atoms. The molecule has 18 heavy (non-hydrogen) atoms. The third-order valence-electron chi connectivity index (χ3n) is 4.52. The molecule has 0 radical (unpaired) electrons. The molecule has 0 aromatic carbocycles. The van der Waals surface area contributed by atoms with Crippen molar-refractivity contribution in [2.24, 2.45) is 11.3 Å². The van der Waals surface area contributed by atoms with Crippen molar-refractivity contribution < 1.29 is 9.53 Å². The van der Waals surface area contributed by atoms with Crippen LogP contribution in [0.3, 0.4) is 0 Å². The van der Waals surface area contributed by atoms with Gasteiger partial charge >= 0.3 is 0 Å². The Hall–Kier alpha value is -0.0900. The van der Waals surface area contributed by atoms with Crippen LogP contribution < -0.4 is 0 Å². The summed E-state index contributed by atoms with van der Waals surface area (Å²) in [5.74, 6) is 0.549. The molecule has 2 aliphatic rings. The topological polar surface area (TPSA) is 29.5 Å². The summed E-state index contributed by atoms with van der Waals surface area (Å²) in [6.45, 7) is 7.95. The minimum absolute atomic E-state index is 0.148. The number of alkyl halides is 1. The normalized spacial score (nSPS) is 35.8. The number of ether oxygens (including phenoxy) is 1. The quantitative estimate of drug-likeness (QED) is 0.733. The van der Waals surface area contributed by atoms with Crippen molar-refractivity contribution in [3.8, 4) is 0 Å². The zero-order valence-electron chi connectivity index (χ0n) is 11.6. The highest BCUT2D eigenvalue weighted by molar-refractivity contribution is 9.09. The van der Waals surface area contributed by atoms with E-state index in [1.54, 1.807) is 0 Å². The first-order valence-corrected chi connectivity index (χ1v) is 8.06. The average molecular weight is 318 g/mol. The standard InChI is InChI=1S/C14H24BrNO2/c1-10-9-18-11(7-15)8-16(10)13(17)12-5-4-6-14(12,2)3/h10-12H,4-9H2,1-3H3. The molecule has 1 heterocycles. The van der Waals surface area contributed by atoms with Gasteiger partial charge in [0.25, 0.3) is 0 Å². The molecule has 2 fully saturated rings. The highest BCUT2D eigenvalue weighted by atomic mass is 79.9. The maximum Gasteiger partial charge on any atom is 0.226 e. The van der Waals surface area contributed by atoms with E-state index < -0.39 is 0 Å². The fraction of sp³-hybridized carbons (Fsp3) is 0.929.